The Morgan fingerprint density at radius 1 is 1.24 bits per heavy atom. The van der Waals surface area contributed by atoms with Gasteiger partial charge in [0.1, 0.15) is 6.04 Å². The van der Waals surface area contributed by atoms with Crippen LogP contribution in [0.5, 0.6) is 0 Å². The van der Waals surface area contributed by atoms with Gasteiger partial charge in [-0.15, -0.1) is 0 Å². The van der Waals surface area contributed by atoms with Crippen molar-refractivity contribution in [1.82, 2.24) is 4.90 Å². The number of ether oxygens (including phenoxy) is 1. The summed E-state index contributed by atoms with van der Waals surface area (Å²) >= 11 is 0. The predicted molar refractivity (Wildman–Crippen MR) is 83.0 cm³/mol. The minimum Gasteiger partial charge on any atom is -0.464 e. The Hall–Kier alpha value is -0.610. The summed E-state index contributed by atoms with van der Waals surface area (Å²) in [5.41, 5.74) is 0. The number of likely N-dealkylation sites (N-methyl/N-ethyl adjacent to an activating group) is 1. The fraction of sp³-hybridized carbons (Fsp3) is 0.941. The first-order valence-corrected chi connectivity index (χ1v) is 8.61. The predicted octanol–water partition coefficient (Wildman–Crippen LogP) is 2.59. The molecule has 0 aromatic rings. The molecule has 0 spiro atoms. The lowest BCUT2D eigenvalue weighted by Crippen LogP contribution is -2.43. The van der Waals surface area contributed by atoms with E-state index in [1.54, 1.807) is 0 Å². The molecule has 0 aromatic carbocycles. The number of aliphatic hydroxyl groups is 1. The molecule has 0 bridgehead atoms. The van der Waals surface area contributed by atoms with Gasteiger partial charge in [0.05, 0.1) is 12.7 Å². The number of carbonyl (C=O) groups excluding carboxylic acids is 1. The highest BCUT2D eigenvalue weighted by atomic mass is 16.5. The lowest BCUT2D eigenvalue weighted by molar-refractivity contribution is -0.152. The quantitative estimate of drug-likeness (QED) is 0.793. The van der Waals surface area contributed by atoms with Crippen LogP contribution in [-0.4, -0.2) is 48.3 Å². The van der Waals surface area contributed by atoms with E-state index in [4.69, 9.17) is 4.74 Å². The van der Waals surface area contributed by atoms with Gasteiger partial charge in [-0.1, -0.05) is 13.3 Å². The van der Waals surface area contributed by atoms with Crippen molar-refractivity contribution in [2.75, 3.05) is 20.2 Å². The third-order valence-electron chi connectivity index (χ3n) is 5.10. The highest BCUT2D eigenvalue weighted by Gasteiger charge is 2.28. The molecule has 0 radical (unpaired) electrons. The van der Waals surface area contributed by atoms with E-state index in [0.717, 1.165) is 51.5 Å². The molecule has 2 rings (SSSR count). The Kier molecular flexibility index (Phi) is 6.49. The summed E-state index contributed by atoms with van der Waals surface area (Å²) in [6.07, 6.45) is 8.37. The minimum atomic E-state index is -0.0868. The Balaban J connectivity index is 1.66. The van der Waals surface area contributed by atoms with Crippen molar-refractivity contribution in [3.05, 3.63) is 0 Å². The van der Waals surface area contributed by atoms with Crippen LogP contribution in [0.1, 0.15) is 58.3 Å². The zero-order valence-electron chi connectivity index (χ0n) is 13.6. The monoisotopic (exact) mass is 297 g/mol. The van der Waals surface area contributed by atoms with Crippen molar-refractivity contribution in [3.63, 3.8) is 0 Å². The van der Waals surface area contributed by atoms with Gasteiger partial charge < -0.3 is 9.84 Å². The molecule has 1 saturated heterocycles. The highest BCUT2D eigenvalue weighted by molar-refractivity contribution is 5.75. The second-order valence-electron chi connectivity index (χ2n) is 7.14. The van der Waals surface area contributed by atoms with Crippen LogP contribution in [0.4, 0.5) is 0 Å². The molecule has 4 nitrogen and oxygen atoms in total. The fourth-order valence-electron chi connectivity index (χ4n) is 3.71. The van der Waals surface area contributed by atoms with Crippen LogP contribution < -0.4 is 0 Å². The van der Waals surface area contributed by atoms with Crippen LogP contribution in [-0.2, 0) is 9.53 Å². The summed E-state index contributed by atoms with van der Waals surface area (Å²) in [7, 11) is 2.02. The molecule has 1 aliphatic carbocycles. The summed E-state index contributed by atoms with van der Waals surface area (Å²) in [5, 5.41) is 9.53. The normalized spacial score (nSPS) is 32.6. The molecule has 1 N–H and O–H groups in total. The topological polar surface area (TPSA) is 49.8 Å². The average Bonchev–Trinajstić information content (AvgIpc) is 2.48. The molecule has 2 aliphatic rings. The Bertz CT molecular complexity index is 326. The highest BCUT2D eigenvalue weighted by Crippen LogP contribution is 2.29. The molecule has 21 heavy (non-hydrogen) atoms. The summed E-state index contributed by atoms with van der Waals surface area (Å²) in [5.74, 6) is 1.07. The maximum atomic E-state index is 12.2. The van der Waals surface area contributed by atoms with E-state index in [9.17, 15) is 9.90 Å². The summed E-state index contributed by atoms with van der Waals surface area (Å²) in [4.78, 5) is 14.3. The maximum absolute atomic E-state index is 12.2. The van der Waals surface area contributed by atoms with Crippen molar-refractivity contribution in [3.8, 4) is 0 Å². The Morgan fingerprint density at radius 3 is 2.62 bits per heavy atom. The van der Waals surface area contributed by atoms with Gasteiger partial charge in [0.15, 0.2) is 0 Å². The van der Waals surface area contributed by atoms with Gasteiger partial charge in [0.25, 0.3) is 0 Å². The second-order valence-corrected chi connectivity index (χ2v) is 7.14. The fourth-order valence-corrected chi connectivity index (χ4v) is 3.71. The van der Waals surface area contributed by atoms with E-state index in [-0.39, 0.29) is 18.1 Å². The van der Waals surface area contributed by atoms with Crippen LogP contribution >= 0.6 is 0 Å². The van der Waals surface area contributed by atoms with E-state index < -0.39 is 0 Å². The van der Waals surface area contributed by atoms with Crippen LogP contribution in [0.2, 0.25) is 0 Å². The van der Waals surface area contributed by atoms with Crippen molar-refractivity contribution < 1.29 is 14.6 Å². The van der Waals surface area contributed by atoms with Crippen molar-refractivity contribution in [2.45, 2.75) is 70.4 Å². The molecule has 2 unspecified atom stereocenters. The number of nitrogens with zero attached hydrogens (tertiary/aromatic N) is 1. The van der Waals surface area contributed by atoms with Crippen LogP contribution in [0.15, 0.2) is 0 Å². The lowest BCUT2D eigenvalue weighted by atomic mass is 9.82. The number of hydrogen-bond donors (Lipinski definition) is 1. The first-order valence-electron chi connectivity index (χ1n) is 8.61. The van der Waals surface area contributed by atoms with E-state index in [2.05, 4.69) is 11.8 Å². The van der Waals surface area contributed by atoms with Gasteiger partial charge >= 0.3 is 5.97 Å². The molecule has 1 heterocycles. The number of aliphatic hydroxyl groups excluding tert-OH is 1. The molecule has 0 aromatic heterocycles. The van der Waals surface area contributed by atoms with Crippen molar-refractivity contribution in [1.29, 1.82) is 0 Å². The lowest BCUT2D eigenvalue weighted by Gasteiger charge is -2.31. The summed E-state index contributed by atoms with van der Waals surface area (Å²) in [6, 6.07) is -0.0317. The first kappa shape index (κ1) is 16.8. The van der Waals surface area contributed by atoms with Gasteiger partial charge in [-0.2, -0.15) is 0 Å². The molecule has 2 fully saturated rings. The standard InChI is InChI=1S/C17H31NO3/c1-13(11-14-6-8-15(19)9-7-14)12-21-17(20)16-5-3-4-10-18(16)2/h13-16,19H,3-12H2,1-2H3. The molecule has 0 amide bonds. The third kappa shape index (κ3) is 5.26. The molecule has 122 valence electrons. The SMILES string of the molecule is CC(COC(=O)C1CCCCN1C)CC1CCC(O)CC1. The summed E-state index contributed by atoms with van der Waals surface area (Å²) < 4.78 is 5.55. The summed E-state index contributed by atoms with van der Waals surface area (Å²) in [6.45, 7) is 3.71. The van der Waals surface area contributed by atoms with E-state index in [1.165, 1.54) is 6.42 Å². The van der Waals surface area contributed by atoms with Gasteiger partial charge in [0.2, 0.25) is 0 Å². The maximum Gasteiger partial charge on any atom is 0.323 e. The molecule has 4 heteroatoms. The number of esters is 1. The first-order chi connectivity index (χ1) is 10.1. The van der Waals surface area contributed by atoms with Crippen molar-refractivity contribution >= 4 is 5.97 Å². The number of rotatable bonds is 5. The third-order valence-corrected chi connectivity index (χ3v) is 5.10. The van der Waals surface area contributed by atoms with Gasteiger partial charge in [0, 0.05) is 0 Å². The van der Waals surface area contributed by atoms with Crippen LogP contribution in [0.3, 0.4) is 0 Å². The Morgan fingerprint density at radius 2 is 1.95 bits per heavy atom. The van der Waals surface area contributed by atoms with E-state index in [1.807, 2.05) is 7.05 Å². The molecular weight excluding hydrogens is 266 g/mol. The second kappa shape index (κ2) is 8.14. The number of hydrogen-bond acceptors (Lipinski definition) is 4. The van der Waals surface area contributed by atoms with Gasteiger partial charge in [-0.25, -0.2) is 0 Å². The smallest absolute Gasteiger partial charge is 0.323 e. The average molecular weight is 297 g/mol. The van der Waals surface area contributed by atoms with E-state index >= 15 is 0 Å². The molecule has 2 atom stereocenters. The Labute approximate surface area is 128 Å². The van der Waals surface area contributed by atoms with Crippen LogP contribution in [0, 0.1) is 11.8 Å². The molecule has 1 saturated carbocycles. The molecular formula is C17H31NO3. The minimum absolute atomic E-state index is 0.0317. The van der Waals surface area contributed by atoms with Gasteiger partial charge in [-0.05, 0) is 70.4 Å². The number of carbonyl (C=O) groups is 1. The number of piperidine rings is 1. The molecule has 1 aliphatic heterocycles. The number of likely N-dealkylation sites (tertiary alicyclic amines) is 1. The largest absolute Gasteiger partial charge is 0.464 e. The van der Waals surface area contributed by atoms with E-state index in [0.29, 0.717) is 18.4 Å². The van der Waals surface area contributed by atoms with Crippen LogP contribution in [0.25, 0.3) is 0 Å². The zero-order valence-corrected chi connectivity index (χ0v) is 13.6. The van der Waals surface area contributed by atoms with Gasteiger partial charge in [-0.3, -0.25) is 9.69 Å². The van der Waals surface area contributed by atoms with Crippen molar-refractivity contribution in [2.24, 2.45) is 11.8 Å². The zero-order chi connectivity index (χ0) is 15.2.